The fourth-order valence-corrected chi connectivity index (χ4v) is 2.89. The van der Waals surface area contributed by atoms with Crippen LogP contribution in [0.15, 0.2) is 0 Å². The molecule has 4 atom stereocenters. The first-order chi connectivity index (χ1) is 7.66. The van der Waals surface area contributed by atoms with Gasteiger partial charge in [0, 0.05) is 6.04 Å². The van der Waals surface area contributed by atoms with Crippen molar-refractivity contribution in [1.82, 2.24) is 10.6 Å². The molecular weight excluding hydrogens is 200 g/mol. The zero-order valence-corrected chi connectivity index (χ0v) is 10.5. The maximum atomic E-state index is 11.9. The first-order valence-corrected chi connectivity index (χ1v) is 6.70. The topological polar surface area (TPSA) is 41.1 Å². The SMILES string of the molecule is CC1CCC(NC(=O)C2CCCN2)CC1C. The number of amides is 1. The molecule has 16 heavy (non-hydrogen) atoms. The molecule has 0 spiro atoms. The zero-order chi connectivity index (χ0) is 11.5. The molecule has 92 valence electrons. The standard InChI is InChI=1S/C13H24N2O/c1-9-5-6-11(8-10(9)2)15-13(16)12-4-3-7-14-12/h9-12,14H,3-8H2,1-2H3,(H,15,16). The Labute approximate surface area is 98.4 Å². The van der Waals surface area contributed by atoms with Crippen LogP contribution in [-0.2, 0) is 4.79 Å². The lowest BCUT2D eigenvalue weighted by atomic mass is 9.79. The maximum Gasteiger partial charge on any atom is 0.237 e. The van der Waals surface area contributed by atoms with Gasteiger partial charge in [0.1, 0.15) is 0 Å². The molecule has 0 radical (unpaired) electrons. The van der Waals surface area contributed by atoms with Gasteiger partial charge in [0.25, 0.3) is 0 Å². The highest BCUT2D eigenvalue weighted by Crippen LogP contribution is 2.29. The third-order valence-electron chi connectivity index (χ3n) is 4.32. The quantitative estimate of drug-likeness (QED) is 0.749. The van der Waals surface area contributed by atoms with Crippen molar-refractivity contribution in [3.8, 4) is 0 Å². The van der Waals surface area contributed by atoms with Gasteiger partial charge in [0.05, 0.1) is 6.04 Å². The minimum Gasteiger partial charge on any atom is -0.352 e. The number of rotatable bonds is 2. The minimum atomic E-state index is 0.0784. The van der Waals surface area contributed by atoms with E-state index in [0.717, 1.165) is 44.1 Å². The smallest absolute Gasteiger partial charge is 0.237 e. The number of nitrogens with one attached hydrogen (secondary N) is 2. The van der Waals surface area contributed by atoms with Gasteiger partial charge in [0.15, 0.2) is 0 Å². The molecule has 1 amide bonds. The summed E-state index contributed by atoms with van der Waals surface area (Å²) in [5, 5.41) is 6.46. The van der Waals surface area contributed by atoms with Crippen LogP contribution in [-0.4, -0.2) is 24.5 Å². The Morgan fingerprint density at radius 3 is 2.62 bits per heavy atom. The fourth-order valence-electron chi connectivity index (χ4n) is 2.89. The van der Waals surface area contributed by atoms with E-state index in [0.29, 0.717) is 6.04 Å². The average molecular weight is 224 g/mol. The van der Waals surface area contributed by atoms with Crippen molar-refractivity contribution in [3.63, 3.8) is 0 Å². The maximum absolute atomic E-state index is 11.9. The largest absolute Gasteiger partial charge is 0.352 e. The highest BCUT2D eigenvalue weighted by molar-refractivity contribution is 5.82. The molecule has 2 N–H and O–H groups in total. The minimum absolute atomic E-state index is 0.0784. The second kappa shape index (κ2) is 5.17. The molecule has 2 fully saturated rings. The van der Waals surface area contributed by atoms with Crippen molar-refractivity contribution < 1.29 is 4.79 Å². The van der Waals surface area contributed by atoms with Gasteiger partial charge in [-0.25, -0.2) is 0 Å². The van der Waals surface area contributed by atoms with Gasteiger partial charge in [-0.05, 0) is 50.5 Å². The molecule has 2 aliphatic rings. The summed E-state index contributed by atoms with van der Waals surface area (Å²) >= 11 is 0. The lowest BCUT2D eigenvalue weighted by molar-refractivity contribution is -0.123. The van der Waals surface area contributed by atoms with E-state index in [-0.39, 0.29) is 11.9 Å². The molecular formula is C13H24N2O. The second-order valence-electron chi connectivity index (χ2n) is 5.62. The Bertz CT molecular complexity index is 248. The molecule has 0 aromatic heterocycles. The van der Waals surface area contributed by atoms with E-state index < -0.39 is 0 Å². The van der Waals surface area contributed by atoms with Crippen LogP contribution >= 0.6 is 0 Å². The summed E-state index contributed by atoms with van der Waals surface area (Å²) in [4.78, 5) is 11.9. The molecule has 3 heteroatoms. The fraction of sp³-hybridized carbons (Fsp3) is 0.923. The number of hydrogen-bond donors (Lipinski definition) is 2. The highest BCUT2D eigenvalue weighted by Gasteiger charge is 2.28. The monoisotopic (exact) mass is 224 g/mol. The van der Waals surface area contributed by atoms with E-state index in [1.807, 2.05) is 0 Å². The van der Waals surface area contributed by atoms with Crippen molar-refractivity contribution in [3.05, 3.63) is 0 Å². The Morgan fingerprint density at radius 2 is 2.00 bits per heavy atom. The van der Waals surface area contributed by atoms with Crippen molar-refractivity contribution in [1.29, 1.82) is 0 Å². The predicted molar refractivity (Wildman–Crippen MR) is 65.1 cm³/mol. The molecule has 1 saturated heterocycles. The molecule has 0 aromatic carbocycles. The highest BCUT2D eigenvalue weighted by atomic mass is 16.2. The van der Waals surface area contributed by atoms with Gasteiger partial charge >= 0.3 is 0 Å². The van der Waals surface area contributed by atoms with Crippen LogP contribution in [0, 0.1) is 11.8 Å². The van der Waals surface area contributed by atoms with E-state index in [9.17, 15) is 4.79 Å². The molecule has 4 unspecified atom stereocenters. The predicted octanol–water partition coefficient (Wildman–Crippen LogP) is 1.68. The lowest BCUT2D eigenvalue weighted by Crippen LogP contribution is -2.47. The molecule has 1 aliphatic heterocycles. The summed E-state index contributed by atoms with van der Waals surface area (Å²) in [6.07, 6.45) is 5.70. The normalized spacial score (nSPS) is 39.6. The van der Waals surface area contributed by atoms with Crippen LogP contribution < -0.4 is 10.6 Å². The molecule has 0 bridgehead atoms. The molecule has 1 aliphatic carbocycles. The summed E-state index contributed by atoms with van der Waals surface area (Å²) in [7, 11) is 0. The average Bonchev–Trinajstić information content (AvgIpc) is 2.77. The molecule has 2 rings (SSSR count). The number of carbonyl (C=O) groups is 1. The zero-order valence-electron chi connectivity index (χ0n) is 10.5. The third-order valence-corrected chi connectivity index (χ3v) is 4.32. The summed E-state index contributed by atoms with van der Waals surface area (Å²) < 4.78 is 0. The lowest BCUT2D eigenvalue weighted by Gasteiger charge is -2.33. The first kappa shape index (κ1) is 11.9. The van der Waals surface area contributed by atoms with Crippen LogP contribution in [0.25, 0.3) is 0 Å². The Hall–Kier alpha value is -0.570. The Balaban J connectivity index is 1.78. The summed E-state index contributed by atoms with van der Waals surface area (Å²) in [5.41, 5.74) is 0. The summed E-state index contributed by atoms with van der Waals surface area (Å²) in [6, 6.07) is 0.496. The van der Waals surface area contributed by atoms with Crippen molar-refractivity contribution >= 4 is 5.91 Å². The second-order valence-corrected chi connectivity index (χ2v) is 5.62. The third kappa shape index (κ3) is 2.76. The van der Waals surface area contributed by atoms with E-state index in [2.05, 4.69) is 24.5 Å². The van der Waals surface area contributed by atoms with E-state index in [4.69, 9.17) is 0 Å². The van der Waals surface area contributed by atoms with E-state index >= 15 is 0 Å². The van der Waals surface area contributed by atoms with Crippen molar-refractivity contribution in [2.45, 2.75) is 58.0 Å². The summed E-state index contributed by atoms with van der Waals surface area (Å²) in [5.74, 6) is 1.79. The van der Waals surface area contributed by atoms with Crippen molar-refractivity contribution in [2.24, 2.45) is 11.8 Å². The summed E-state index contributed by atoms with van der Waals surface area (Å²) in [6.45, 7) is 5.62. The molecule has 0 aromatic rings. The first-order valence-electron chi connectivity index (χ1n) is 6.70. The number of hydrogen-bond acceptors (Lipinski definition) is 2. The van der Waals surface area contributed by atoms with Gasteiger partial charge in [-0.3, -0.25) is 4.79 Å². The molecule has 1 heterocycles. The van der Waals surface area contributed by atoms with Crippen LogP contribution in [0.5, 0.6) is 0 Å². The van der Waals surface area contributed by atoms with Crippen LogP contribution in [0.4, 0.5) is 0 Å². The van der Waals surface area contributed by atoms with Gasteiger partial charge in [-0.2, -0.15) is 0 Å². The molecule has 1 saturated carbocycles. The Kier molecular flexibility index (Phi) is 3.85. The Morgan fingerprint density at radius 1 is 1.19 bits per heavy atom. The van der Waals surface area contributed by atoms with Crippen LogP contribution in [0.1, 0.15) is 46.0 Å². The number of carbonyl (C=O) groups excluding carboxylic acids is 1. The molecule has 3 nitrogen and oxygen atoms in total. The van der Waals surface area contributed by atoms with Gasteiger partial charge in [-0.15, -0.1) is 0 Å². The van der Waals surface area contributed by atoms with Crippen LogP contribution in [0.3, 0.4) is 0 Å². The van der Waals surface area contributed by atoms with Gasteiger partial charge in [0.2, 0.25) is 5.91 Å². The van der Waals surface area contributed by atoms with Gasteiger partial charge < -0.3 is 10.6 Å². The van der Waals surface area contributed by atoms with E-state index in [1.54, 1.807) is 0 Å². The van der Waals surface area contributed by atoms with Gasteiger partial charge in [-0.1, -0.05) is 13.8 Å². The van der Waals surface area contributed by atoms with Crippen molar-refractivity contribution in [2.75, 3.05) is 6.54 Å². The van der Waals surface area contributed by atoms with Crippen LogP contribution in [0.2, 0.25) is 0 Å². The van der Waals surface area contributed by atoms with E-state index in [1.165, 1.54) is 6.42 Å².